The third kappa shape index (κ3) is 4.78. The Labute approximate surface area is 110 Å². The van der Waals surface area contributed by atoms with Gasteiger partial charge >= 0.3 is 0 Å². The average Bonchev–Trinajstić information content (AvgIpc) is 2.29. The minimum atomic E-state index is 0.405. The molecular formula is C13H26N2OS. The number of morpholine rings is 1. The molecule has 100 valence electrons. The first-order valence-corrected chi connectivity index (χ1v) is 7.99. The number of hydrogen-bond donors (Lipinski definition) is 1. The van der Waals surface area contributed by atoms with Gasteiger partial charge in [-0.1, -0.05) is 0 Å². The Kier molecular flexibility index (Phi) is 5.60. The van der Waals surface area contributed by atoms with E-state index in [1.54, 1.807) is 0 Å². The molecule has 0 aromatic carbocycles. The van der Waals surface area contributed by atoms with Crippen LogP contribution < -0.4 is 5.32 Å². The van der Waals surface area contributed by atoms with Gasteiger partial charge in [0, 0.05) is 30.6 Å². The Morgan fingerprint density at radius 3 is 2.47 bits per heavy atom. The van der Waals surface area contributed by atoms with Crippen molar-refractivity contribution >= 4 is 11.8 Å². The molecule has 0 bridgehead atoms. The lowest BCUT2D eigenvalue weighted by Crippen LogP contribution is -2.46. The van der Waals surface area contributed by atoms with Crippen LogP contribution in [-0.2, 0) is 4.74 Å². The first kappa shape index (κ1) is 13.7. The van der Waals surface area contributed by atoms with E-state index in [2.05, 4.69) is 35.8 Å². The van der Waals surface area contributed by atoms with Crippen molar-refractivity contribution in [3.8, 4) is 0 Å². The van der Waals surface area contributed by atoms with Crippen molar-refractivity contribution in [3.63, 3.8) is 0 Å². The van der Waals surface area contributed by atoms with Crippen LogP contribution >= 0.6 is 11.8 Å². The summed E-state index contributed by atoms with van der Waals surface area (Å²) in [7, 11) is 0. The minimum absolute atomic E-state index is 0.405. The van der Waals surface area contributed by atoms with Crippen molar-refractivity contribution < 1.29 is 4.74 Å². The number of piperidine rings is 1. The number of ether oxygens (including phenoxy) is 1. The molecule has 0 saturated carbocycles. The standard InChI is InChI=1S/C13H26N2OS/c1-11-9-15(10-12(2)16-11)7-8-17-13-3-5-14-6-4-13/h11-14H,3-10H2,1-2H3/t11-,12+. The Hall–Kier alpha value is 0.230. The molecule has 0 aromatic rings. The van der Waals surface area contributed by atoms with E-state index in [0.717, 1.165) is 18.3 Å². The third-order valence-electron chi connectivity index (χ3n) is 3.54. The van der Waals surface area contributed by atoms with Gasteiger partial charge in [0.05, 0.1) is 12.2 Å². The normalized spacial score (nSPS) is 32.8. The van der Waals surface area contributed by atoms with Gasteiger partial charge in [0.2, 0.25) is 0 Å². The Morgan fingerprint density at radius 1 is 1.18 bits per heavy atom. The lowest BCUT2D eigenvalue weighted by molar-refractivity contribution is -0.0661. The summed E-state index contributed by atoms with van der Waals surface area (Å²) in [5.41, 5.74) is 0. The van der Waals surface area contributed by atoms with E-state index in [4.69, 9.17) is 4.74 Å². The highest BCUT2D eigenvalue weighted by Gasteiger charge is 2.22. The quantitative estimate of drug-likeness (QED) is 0.827. The smallest absolute Gasteiger partial charge is 0.0678 e. The summed E-state index contributed by atoms with van der Waals surface area (Å²) in [6, 6.07) is 0. The molecule has 0 spiro atoms. The lowest BCUT2D eigenvalue weighted by atomic mass is 10.2. The van der Waals surface area contributed by atoms with Crippen LogP contribution in [0.4, 0.5) is 0 Å². The summed E-state index contributed by atoms with van der Waals surface area (Å²) in [4.78, 5) is 2.56. The van der Waals surface area contributed by atoms with E-state index in [9.17, 15) is 0 Å². The second-order valence-electron chi connectivity index (χ2n) is 5.34. The van der Waals surface area contributed by atoms with Gasteiger partial charge < -0.3 is 10.1 Å². The Morgan fingerprint density at radius 2 is 1.82 bits per heavy atom. The second kappa shape index (κ2) is 6.98. The fraction of sp³-hybridized carbons (Fsp3) is 1.00. The predicted octanol–water partition coefficient (Wildman–Crippen LogP) is 1.58. The molecule has 0 aromatic heterocycles. The van der Waals surface area contributed by atoms with Crippen LogP contribution in [0.2, 0.25) is 0 Å². The molecule has 1 N–H and O–H groups in total. The van der Waals surface area contributed by atoms with Gasteiger partial charge in [0.1, 0.15) is 0 Å². The predicted molar refractivity (Wildman–Crippen MR) is 74.8 cm³/mol. The average molecular weight is 258 g/mol. The summed E-state index contributed by atoms with van der Waals surface area (Å²) in [5, 5.41) is 4.32. The van der Waals surface area contributed by atoms with Crippen LogP contribution in [-0.4, -0.2) is 60.8 Å². The molecular weight excluding hydrogens is 232 g/mol. The van der Waals surface area contributed by atoms with E-state index < -0.39 is 0 Å². The van der Waals surface area contributed by atoms with Crippen LogP contribution in [0, 0.1) is 0 Å². The van der Waals surface area contributed by atoms with E-state index in [-0.39, 0.29) is 0 Å². The van der Waals surface area contributed by atoms with Gasteiger partial charge in [-0.25, -0.2) is 0 Å². The Bertz CT molecular complexity index is 211. The minimum Gasteiger partial charge on any atom is -0.373 e. The van der Waals surface area contributed by atoms with Crippen molar-refractivity contribution in [1.82, 2.24) is 10.2 Å². The Balaban J connectivity index is 1.60. The van der Waals surface area contributed by atoms with Crippen LogP contribution in [0.1, 0.15) is 26.7 Å². The zero-order chi connectivity index (χ0) is 12.1. The second-order valence-corrected chi connectivity index (χ2v) is 6.75. The third-order valence-corrected chi connectivity index (χ3v) is 4.90. The molecule has 2 fully saturated rings. The summed E-state index contributed by atoms with van der Waals surface area (Å²) < 4.78 is 5.76. The molecule has 3 nitrogen and oxygen atoms in total. The van der Waals surface area contributed by atoms with Gasteiger partial charge in [-0.05, 0) is 39.8 Å². The zero-order valence-electron chi connectivity index (χ0n) is 11.2. The first-order chi connectivity index (χ1) is 8.24. The molecule has 0 amide bonds. The highest BCUT2D eigenvalue weighted by molar-refractivity contribution is 7.99. The van der Waals surface area contributed by atoms with Crippen LogP contribution in [0.5, 0.6) is 0 Å². The van der Waals surface area contributed by atoms with Crippen molar-refractivity contribution in [3.05, 3.63) is 0 Å². The number of nitrogens with zero attached hydrogens (tertiary/aromatic N) is 1. The first-order valence-electron chi connectivity index (χ1n) is 6.94. The SMILES string of the molecule is C[C@@H]1CN(CCSC2CCNCC2)C[C@H](C)O1. The maximum absolute atomic E-state index is 5.76. The van der Waals surface area contributed by atoms with E-state index in [1.807, 2.05) is 0 Å². The van der Waals surface area contributed by atoms with Crippen molar-refractivity contribution in [2.24, 2.45) is 0 Å². The maximum Gasteiger partial charge on any atom is 0.0678 e. The fourth-order valence-electron chi connectivity index (χ4n) is 2.78. The van der Waals surface area contributed by atoms with Gasteiger partial charge in [-0.3, -0.25) is 4.90 Å². The van der Waals surface area contributed by atoms with Gasteiger partial charge in [0.25, 0.3) is 0 Å². The topological polar surface area (TPSA) is 24.5 Å². The molecule has 4 heteroatoms. The molecule has 2 heterocycles. The highest BCUT2D eigenvalue weighted by atomic mass is 32.2. The van der Waals surface area contributed by atoms with Crippen LogP contribution in [0.3, 0.4) is 0 Å². The lowest BCUT2D eigenvalue weighted by Gasteiger charge is -2.35. The summed E-state index contributed by atoms with van der Waals surface area (Å²) >= 11 is 2.17. The molecule has 2 atom stereocenters. The van der Waals surface area contributed by atoms with E-state index in [1.165, 1.54) is 38.2 Å². The molecule has 17 heavy (non-hydrogen) atoms. The molecule has 2 aliphatic heterocycles. The molecule has 2 saturated heterocycles. The molecule has 2 rings (SSSR count). The zero-order valence-corrected chi connectivity index (χ0v) is 12.0. The molecule has 0 unspecified atom stereocenters. The number of nitrogens with one attached hydrogen (secondary N) is 1. The van der Waals surface area contributed by atoms with Crippen LogP contribution in [0.25, 0.3) is 0 Å². The van der Waals surface area contributed by atoms with Crippen LogP contribution in [0.15, 0.2) is 0 Å². The van der Waals surface area contributed by atoms with Gasteiger partial charge in [-0.2, -0.15) is 11.8 Å². The molecule has 0 aliphatic carbocycles. The fourth-order valence-corrected chi connectivity index (χ4v) is 4.04. The van der Waals surface area contributed by atoms with Gasteiger partial charge in [0.15, 0.2) is 0 Å². The van der Waals surface area contributed by atoms with Crippen molar-refractivity contribution in [2.45, 2.75) is 44.1 Å². The summed E-state index contributed by atoms with van der Waals surface area (Å²) in [6.07, 6.45) is 3.51. The summed E-state index contributed by atoms with van der Waals surface area (Å²) in [6.45, 7) is 10.2. The van der Waals surface area contributed by atoms with Crippen molar-refractivity contribution in [1.29, 1.82) is 0 Å². The highest BCUT2D eigenvalue weighted by Crippen LogP contribution is 2.20. The number of thioether (sulfide) groups is 1. The number of hydrogen-bond acceptors (Lipinski definition) is 4. The monoisotopic (exact) mass is 258 g/mol. The summed E-state index contributed by atoms with van der Waals surface area (Å²) in [5.74, 6) is 1.28. The van der Waals surface area contributed by atoms with E-state index in [0.29, 0.717) is 12.2 Å². The largest absolute Gasteiger partial charge is 0.373 e. The number of rotatable bonds is 4. The van der Waals surface area contributed by atoms with E-state index >= 15 is 0 Å². The molecule has 0 radical (unpaired) electrons. The maximum atomic E-state index is 5.76. The van der Waals surface area contributed by atoms with Crippen molar-refractivity contribution in [2.75, 3.05) is 38.5 Å². The van der Waals surface area contributed by atoms with Gasteiger partial charge in [-0.15, -0.1) is 0 Å². The molecule has 2 aliphatic rings.